The van der Waals surface area contributed by atoms with E-state index in [4.69, 9.17) is 0 Å². The molecule has 0 unspecified atom stereocenters. The Morgan fingerprint density at radius 3 is 2.54 bits per heavy atom. The van der Waals surface area contributed by atoms with Crippen LogP contribution in [-0.4, -0.2) is 24.9 Å². The van der Waals surface area contributed by atoms with Gasteiger partial charge < -0.3 is 0 Å². The van der Waals surface area contributed by atoms with Crippen molar-refractivity contribution < 1.29 is 8.42 Å². The third-order valence-corrected chi connectivity index (χ3v) is 2.25. The standard InChI is InChI=1S/C6H10N4O2S/c1-2-9-13(11,12)10-6-7-4-3-5-8-6/h3-5,9H,2H2,1H3,(H,7,8,10). The maximum Gasteiger partial charge on any atom is 0.301 e. The number of hydrogen-bond donors (Lipinski definition) is 2. The van der Waals surface area contributed by atoms with Gasteiger partial charge >= 0.3 is 10.2 Å². The molecule has 13 heavy (non-hydrogen) atoms. The van der Waals surface area contributed by atoms with Crippen molar-refractivity contribution in [3.8, 4) is 0 Å². The van der Waals surface area contributed by atoms with Gasteiger partial charge in [0.05, 0.1) is 0 Å². The molecule has 0 saturated carbocycles. The van der Waals surface area contributed by atoms with Crippen molar-refractivity contribution in [1.82, 2.24) is 14.7 Å². The lowest BCUT2D eigenvalue weighted by Gasteiger charge is -2.04. The summed E-state index contributed by atoms with van der Waals surface area (Å²) < 4.78 is 26.6. The van der Waals surface area contributed by atoms with Crippen LogP contribution in [0.25, 0.3) is 0 Å². The van der Waals surface area contributed by atoms with Crippen LogP contribution in [-0.2, 0) is 10.2 Å². The lowest BCUT2D eigenvalue weighted by atomic mass is 10.7. The highest BCUT2D eigenvalue weighted by Crippen LogP contribution is 1.96. The van der Waals surface area contributed by atoms with E-state index >= 15 is 0 Å². The van der Waals surface area contributed by atoms with Crippen molar-refractivity contribution in [2.24, 2.45) is 0 Å². The second-order valence-electron chi connectivity index (χ2n) is 2.18. The molecular weight excluding hydrogens is 192 g/mol. The molecule has 0 aliphatic heterocycles. The molecule has 1 heterocycles. The van der Waals surface area contributed by atoms with Crippen LogP contribution in [0.1, 0.15) is 6.92 Å². The number of nitrogens with zero attached hydrogens (tertiary/aromatic N) is 2. The molecule has 0 atom stereocenters. The van der Waals surface area contributed by atoms with Crippen molar-refractivity contribution in [1.29, 1.82) is 0 Å². The highest BCUT2D eigenvalue weighted by molar-refractivity contribution is 7.90. The van der Waals surface area contributed by atoms with Crippen LogP contribution >= 0.6 is 0 Å². The Balaban J connectivity index is 2.70. The number of hydrogen-bond acceptors (Lipinski definition) is 4. The topological polar surface area (TPSA) is 84.0 Å². The smallest absolute Gasteiger partial charge is 0.238 e. The van der Waals surface area contributed by atoms with Crippen LogP contribution in [0.2, 0.25) is 0 Å². The molecule has 0 aromatic carbocycles. The largest absolute Gasteiger partial charge is 0.301 e. The number of rotatable bonds is 4. The Bertz CT molecular complexity index is 350. The van der Waals surface area contributed by atoms with E-state index in [9.17, 15) is 8.42 Å². The Morgan fingerprint density at radius 2 is 2.00 bits per heavy atom. The van der Waals surface area contributed by atoms with Gasteiger partial charge in [0.1, 0.15) is 0 Å². The summed E-state index contributed by atoms with van der Waals surface area (Å²) in [6.45, 7) is 2.01. The first kappa shape index (κ1) is 9.87. The highest BCUT2D eigenvalue weighted by Gasteiger charge is 2.08. The van der Waals surface area contributed by atoms with E-state index in [-0.39, 0.29) is 5.95 Å². The Kier molecular flexibility index (Phi) is 3.15. The van der Waals surface area contributed by atoms with Crippen LogP contribution in [0.3, 0.4) is 0 Å². The second-order valence-corrected chi connectivity index (χ2v) is 3.68. The molecule has 0 amide bonds. The van der Waals surface area contributed by atoms with Gasteiger partial charge in [-0.3, -0.25) is 0 Å². The summed E-state index contributed by atoms with van der Waals surface area (Å²) in [5.41, 5.74) is 0. The van der Waals surface area contributed by atoms with Gasteiger partial charge in [-0.05, 0) is 6.07 Å². The first-order valence-electron chi connectivity index (χ1n) is 3.68. The van der Waals surface area contributed by atoms with Crippen LogP contribution in [0.4, 0.5) is 5.95 Å². The molecule has 72 valence electrons. The fourth-order valence-corrected chi connectivity index (χ4v) is 1.50. The molecule has 7 heteroatoms. The van der Waals surface area contributed by atoms with E-state index in [0.29, 0.717) is 6.54 Å². The number of nitrogens with one attached hydrogen (secondary N) is 2. The molecule has 1 aromatic heterocycles. The SMILES string of the molecule is CCNS(=O)(=O)Nc1ncccn1. The molecule has 0 radical (unpaired) electrons. The fourth-order valence-electron chi connectivity index (χ4n) is 0.698. The van der Waals surface area contributed by atoms with Gasteiger partial charge in [-0.25, -0.2) is 14.7 Å². The zero-order valence-corrected chi connectivity index (χ0v) is 7.87. The van der Waals surface area contributed by atoms with Gasteiger partial charge in [0.15, 0.2) is 0 Å². The minimum Gasteiger partial charge on any atom is -0.238 e. The van der Waals surface area contributed by atoms with Gasteiger partial charge in [0.2, 0.25) is 5.95 Å². The fraction of sp³-hybridized carbons (Fsp3) is 0.333. The van der Waals surface area contributed by atoms with Gasteiger partial charge in [-0.2, -0.15) is 13.1 Å². The summed E-state index contributed by atoms with van der Waals surface area (Å²) in [4.78, 5) is 7.41. The average molecular weight is 202 g/mol. The zero-order valence-electron chi connectivity index (χ0n) is 7.06. The molecule has 0 bridgehead atoms. The maximum absolute atomic E-state index is 11.1. The van der Waals surface area contributed by atoms with Gasteiger partial charge in [-0.1, -0.05) is 6.92 Å². The van der Waals surface area contributed by atoms with Crippen LogP contribution < -0.4 is 9.44 Å². The van der Waals surface area contributed by atoms with E-state index in [2.05, 4.69) is 19.4 Å². The summed E-state index contributed by atoms with van der Waals surface area (Å²) in [6.07, 6.45) is 2.91. The Labute approximate surface area is 76.6 Å². The van der Waals surface area contributed by atoms with Crippen molar-refractivity contribution in [2.75, 3.05) is 11.3 Å². The highest BCUT2D eigenvalue weighted by atomic mass is 32.2. The predicted molar refractivity (Wildman–Crippen MR) is 48.3 cm³/mol. The average Bonchev–Trinajstić information content (AvgIpc) is 2.04. The molecule has 0 aliphatic carbocycles. The van der Waals surface area contributed by atoms with Gasteiger partial charge in [-0.15, -0.1) is 0 Å². The molecule has 0 saturated heterocycles. The van der Waals surface area contributed by atoms with Gasteiger partial charge in [0, 0.05) is 18.9 Å². The van der Waals surface area contributed by atoms with E-state index in [1.165, 1.54) is 12.4 Å². The van der Waals surface area contributed by atoms with Crippen molar-refractivity contribution in [3.63, 3.8) is 0 Å². The summed E-state index contributed by atoms with van der Waals surface area (Å²) in [5.74, 6) is 0.0588. The maximum atomic E-state index is 11.1. The normalized spacial score (nSPS) is 11.2. The summed E-state index contributed by atoms with van der Waals surface area (Å²) in [5, 5.41) is 0. The number of anilines is 1. The van der Waals surface area contributed by atoms with Crippen LogP contribution in [0.15, 0.2) is 18.5 Å². The lowest BCUT2D eigenvalue weighted by molar-refractivity contribution is 0.589. The van der Waals surface area contributed by atoms with E-state index in [0.717, 1.165) is 0 Å². The molecule has 0 spiro atoms. The molecule has 6 nitrogen and oxygen atoms in total. The van der Waals surface area contributed by atoms with E-state index in [1.807, 2.05) is 0 Å². The Morgan fingerprint density at radius 1 is 1.38 bits per heavy atom. The lowest BCUT2D eigenvalue weighted by Crippen LogP contribution is -2.30. The van der Waals surface area contributed by atoms with Crippen molar-refractivity contribution in [3.05, 3.63) is 18.5 Å². The van der Waals surface area contributed by atoms with Crippen LogP contribution in [0.5, 0.6) is 0 Å². The molecule has 0 aliphatic rings. The first-order chi connectivity index (χ1) is 6.14. The van der Waals surface area contributed by atoms with E-state index < -0.39 is 10.2 Å². The summed E-state index contributed by atoms with van der Waals surface area (Å²) >= 11 is 0. The molecular formula is C6H10N4O2S. The molecule has 0 fully saturated rings. The quantitative estimate of drug-likeness (QED) is 0.704. The third-order valence-electron chi connectivity index (χ3n) is 1.13. The summed E-state index contributed by atoms with van der Waals surface area (Å²) in [6, 6.07) is 1.60. The minimum atomic E-state index is -3.51. The molecule has 1 aromatic rings. The van der Waals surface area contributed by atoms with Crippen LogP contribution in [0, 0.1) is 0 Å². The molecule has 2 N–H and O–H groups in total. The zero-order chi connectivity index (χ0) is 9.73. The Hall–Kier alpha value is -1.21. The van der Waals surface area contributed by atoms with Gasteiger partial charge in [0.25, 0.3) is 0 Å². The number of aromatic nitrogens is 2. The minimum absolute atomic E-state index is 0.0588. The van der Waals surface area contributed by atoms with Crippen molar-refractivity contribution in [2.45, 2.75) is 6.92 Å². The second kappa shape index (κ2) is 4.15. The molecule has 1 rings (SSSR count). The third kappa shape index (κ3) is 3.34. The monoisotopic (exact) mass is 202 g/mol. The van der Waals surface area contributed by atoms with E-state index in [1.54, 1.807) is 13.0 Å². The first-order valence-corrected chi connectivity index (χ1v) is 5.17. The summed E-state index contributed by atoms with van der Waals surface area (Å²) in [7, 11) is -3.51. The van der Waals surface area contributed by atoms with Crippen molar-refractivity contribution >= 4 is 16.2 Å². The predicted octanol–water partition coefficient (Wildman–Crippen LogP) is -0.257.